The average Bonchev–Trinajstić information content (AvgIpc) is 2.42. The molecule has 0 aromatic heterocycles. The fraction of sp³-hybridized carbons (Fsp3) is 0. The van der Waals surface area contributed by atoms with Crippen LogP contribution in [0.25, 0.3) is 10.8 Å². The van der Waals surface area contributed by atoms with E-state index in [2.05, 4.69) is 91.4 Å². The van der Waals surface area contributed by atoms with Gasteiger partial charge in [0, 0.05) is 7.14 Å². The van der Waals surface area contributed by atoms with Crippen molar-refractivity contribution in [2.24, 2.45) is 0 Å². The summed E-state index contributed by atoms with van der Waals surface area (Å²) in [7, 11) is 0. The Morgan fingerprint density at radius 3 is 2.20 bits per heavy atom. The van der Waals surface area contributed by atoms with Crippen molar-refractivity contribution in [2.45, 2.75) is 0 Å². The lowest BCUT2D eigenvalue weighted by molar-refractivity contribution is 0.480. The molecule has 0 spiro atoms. The molecule has 0 saturated heterocycles. The molecule has 3 aromatic carbocycles. The molecule has 0 saturated carbocycles. The summed E-state index contributed by atoms with van der Waals surface area (Å²) in [4.78, 5) is 0. The molecule has 100 valence electrons. The largest absolute Gasteiger partial charge is 0.456 e. The highest BCUT2D eigenvalue weighted by atomic mass is 127. The van der Waals surface area contributed by atoms with Crippen LogP contribution in [0.4, 0.5) is 0 Å². The van der Waals surface area contributed by atoms with Gasteiger partial charge in [0.25, 0.3) is 0 Å². The fourth-order valence-corrected chi connectivity index (χ4v) is 3.84. The van der Waals surface area contributed by atoms with Gasteiger partial charge in [-0.25, -0.2) is 0 Å². The smallest absolute Gasteiger partial charge is 0.141 e. The molecule has 3 rings (SSSR count). The summed E-state index contributed by atoms with van der Waals surface area (Å²) in [5.41, 5.74) is 0. The minimum Gasteiger partial charge on any atom is -0.456 e. The van der Waals surface area contributed by atoms with Gasteiger partial charge in [0.1, 0.15) is 11.5 Å². The molecule has 0 fully saturated rings. The van der Waals surface area contributed by atoms with E-state index in [0.29, 0.717) is 0 Å². The Hall–Kier alpha value is -0.340. The Morgan fingerprint density at radius 1 is 0.750 bits per heavy atom. The Balaban J connectivity index is 1.96. The van der Waals surface area contributed by atoms with Crippen LogP contribution < -0.4 is 4.74 Å². The topological polar surface area (TPSA) is 9.23 Å². The van der Waals surface area contributed by atoms with Gasteiger partial charge < -0.3 is 4.74 Å². The van der Waals surface area contributed by atoms with E-state index in [4.69, 9.17) is 4.74 Å². The monoisotopic (exact) mass is 550 g/mol. The van der Waals surface area contributed by atoms with Crippen molar-refractivity contribution in [1.29, 1.82) is 0 Å². The van der Waals surface area contributed by atoms with E-state index in [9.17, 15) is 0 Å². The van der Waals surface area contributed by atoms with Crippen LogP contribution in [0.15, 0.2) is 59.1 Å². The van der Waals surface area contributed by atoms with Crippen LogP contribution in [0.1, 0.15) is 0 Å². The Morgan fingerprint density at radius 2 is 1.40 bits per heavy atom. The molecule has 0 atom stereocenters. The minimum absolute atomic E-state index is 0.829. The molecular formula is C16H9BrI2O. The van der Waals surface area contributed by atoms with Crippen LogP contribution in [-0.2, 0) is 0 Å². The van der Waals surface area contributed by atoms with Crippen molar-refractivity contribution >= 4 is 71.9 Å². The summed E-state index contributed by atoms with van der Waals surface area (Å²) in [6.07, 6.45) is 0. The van der Waals surface area contributed by atoms with Gasteiger partial charge in [-0.3, -0.25) is 0 Å². The maximum absolute atomic E-state index is 5.95. The second-order valence-corrected chi connectivity index (χ2v) is 7.68. The van der Waals surface area contributed by atoms with E-state index >= 15 is 0 Å². The zero-order valence-electron chi connectivity index (χ0n) is 10.2. The first-order valence-electron chi connectivity index (χ1n) is 5.94. The third-order valence-corrected chi connectivity index (χ3v) is 4.86. The van der Waals surface area contributed by atoms with E-state index in [1.165, 1.54) is 17.9 Å². The quantitative estimate of drug-likeness (QED) is 0.327. The highest BCUT2D eigenvalue weighted by molar-refractivity contribution is 14.1. The normalized spacial score (nSPS) is 10.8. The van der Waals surface area contributed by atoms with E-state index < -0.39 is 0 Å². The second-order valence-electron chi connectivity index (χ2n) is 4.33. The van der Waals surface area contributed by atoms with Crippen LogP contribution in [0.5, 0.6) is 11.5 Å². The molecule has 0 heterocycles. The molecule has 0 bridgehead atoms. The molecule has 0 radical (unpaired) electrons. The van der Waals surface area contributed by atoms with Crippen LogP contribution >= 0.6 is 61.1 Å². The Bertz CT molecular complexity index is 787. The summed E-state index contributed by atoms with van der Waals surface area (Å²) in [5.74, 6) is 1.68. The number of rotatable bonds is 2. The summed E-state index contributed by atoms with van der Waals surface area (Å²) < 4.78 is 9.33. The summed E-state index contributed by atoms with van der Waals surface area (Å²) in [6, 6.07) is 18.6. The number of benzene rings is 3. The van der Waals surface area contributed by atoms with E-state index in [-0.39, 0.29) is 0 Å². The predicted octanol–water partition coefficient (Wildman–Crippen LogP) is 6.60. The number of ether oxygens (including phenoxy) is 1. The summed E-state index contributed by atoms with van der Waals surface area (Å²) >= 11 is 8.14. The highest BCUT2D eigenvalue weighted by Crippen LogP contribution is 2.32. The zero-order chi connectivity index (χ0) is 14.1. The maximum Gasteiger partial charge on any atom is 0.141 e. The first-order valence-corrected chi connectivity index (χ1v) is 8.89. The zero-order valence-corrected chi connectivity index (χ0v) is 16.1. The number of hydrogen-bond acceptors (Lipinski definition) is 1. The molecule has 20 heavy (non-hydrogen) atoms. The molecule has 0 aliphatic carbocycles. The molecule has 3 aromatic rings. The predicted molar refractivity (Wildman–Crippen MR) is 104 cm³/mol. The first kappa shape index (κ1) is 14.6. The number of hydrogen-bond donors (Lipinski definition) is 0. The summed E-state index contributed by atoms with van der Waals surface area (Å²) in [6.45, 7) is 0. The van der Waals surface area contributed by atoms with E-state index in [1.54, 1.807) is 0 Å². The van der Waals surface area contributed by atoms with Crippen molar-refractivity contribution in [3.63, 3.8) is 0 Å². The first-order chi connectivity index (χ1) is 9.61. The lowest BCUT2D eigenvalue weighted by Gasteiger charge is -2.09. The van der Waals surface area contributed by atoms with Crippen molar-refractivity contribution in [3.8, 4) is 11.5 Å². The average molecular weight is 551 g/mol. The molecule has 0 aliphatic heterocycles. The molecule has 0 N–H and O–H groups in total. The van der Waals surface area contributed by atoms with Gasteiger partial charge in [0.05, 0.1) is 4.47 Å². The molecular weight excluding hydrogens is 542 g/mol. The number of fused-ring (bicyclic) bond motifs is 1. The highest BCUT2D eigenvalue weighted by Gasteiger charge is 2.04. The SMILES string of the molecule is Brc1cc(I)ccc1Oc1ccc2cc(I)ccc2c1. The second kappa shape index (κ2) is 6.19. The van der Waals surface area contributed by atoms with Gasteiger partial charge >= 0.3 is 0 Å². The maximum atomic E-state index is 5.95. The van der Waals surface area contributed by atoms with Crippen molar-refractivity contribution in [1.82, 2.24) is 0 Å². The fourth-order valence-electron chi connectivity index (χ4n) is 1.94. The van der Waals surface area contributed by atoms with E-state index in [1.807, 2.05) is 24.3 Å². The van der Waals surface area contributed by atoms with Gasteiger partial charge in [-0.1, -0.05) is 12.1 Å². The van der Waals surface area contributed by atoms with Gasteiger partial charge in [-0.05, 0) is 114 Å². The van der Waals surface area contributed by atoms with Crippen LogP contribution in [-0.4, -0.2) is 0 Å². The van der Waals surface area contributed by atoms with Crippen LogP contribution in [0, 0.1) is 7.14 Å². The van der Waals surface area contributed by atoms with Crippen molar-refractivity contribution in [3.05, 3.63) is 66.2 Å². The van der Waals surface area contributed by atoms with Gasteiger partial charge in [0.2, 0.25) is 0 Å². The lowest BCUT2D eigenvalue weighted by Crippen LogP contribution is -1.86. The lowest BCUT2D eigenvalue weighted by atomic mass is 10.1. The number of halogens is 3. The van der Waals surface area contributed by atoms with Crippen molar-refractivity contribution < 1.29 is 4.74 Å². The van der Waals surface area contributed by atoms with Crippen molar-refractivity contribution in [2.75, 3.05) is 0 Å². The third kappa shape index (κ3) is 3.28. The van der Waals surface area contributed by atoms with E-state index in [0.717, 1.165) is 16.0 Å². The van der Waals surface area contributed by atoms with Crippen LogP contribution in [0.2, 0.25) is 0 Å². The molecule has 1 nitrogen and oxygen atoms in total. The molecule has 0 amide bonds. The standard InChI is InChI=1S/C16H9BrI2O/c17-15-9-13(19)4-6-16(15)20-14-5-2-10-7-12(18)3-1-11(10)8-14/h1-9H. The van der Waals surface area contributed by atoms with Crippen LogP contribution in [0.3, 0.4) is 0 Å². The molecule has 0 unspecified atom stereocenters. The third-order valence-electron chi connectivity index (χ3n) is 2.90. The molecule has 0 aliphatic rings. The Kier molecular flexibility index (Phi) is 4.52. The minimum atomic E-state index is 0.829. The van der Waals surface area contributed by atoms with Gasteiger partial charge in [-0.15, -0.1) is 0 Å². The molecule has 4 heteroatoms. The summed E-state index contributed by atoms with van der Waals surface area (Å²) in [5, 5.41) is 2.41. The Labute approximate surface area is 153 Å². The van der Waals surface area contributed by atoms with Gasteiger partial charge in [0.15, 0.2) is 0 Å². The van der Waals surface area contributed by atoms with Gasteiger partial charge in [-0.2, -0.15) is 0 Å².